The molecule has 0 saturated carbocycles. The molecular weight excluding hydrogens is 344 g/mol. The summed E-state index contributed by atoms with van der Waals surface area (Å²) < 4.78 is 0. The van der Waals surface area contributed by atoms with Crippen LogP contribution in [-0.2, 0) is 19.3 Å². The van der Waals surface area contributed by atoms with Crippen LogP contribution in [0.2, 0.25) is 0 Å². The maximum Gasteiger partial charge on any atom is 0.339 e. The summed E-state index contributed by atoms with van der Waals surface area (Å²) in [5.41, 5.74) is 9.53. The molecule has 0 radical (unpaired) electrons. The highest BCUT2D eigenvalue weighted by Gasteiger charge is 2.23. The van der Waals surface area contributed by atoms with Gasteiger partial charge in [-0.25, -0.2) is 10.2 Å². The Morgan fingerprint density at radius 1 is 1.19 bits per heavy atom. The number of hydrogen-bond acceptors (Lipinski definition) is 3. The lowest BCUT2D eigenvalue weighted by Gasteiger charge is -2.16. The van der Waals surface area contributed by atoms with E-state index in [9.17, 15) is 4.79 Å². The van der Waals surface area contributed by atoms with Gasteiger partial charge < -0.3 is 10.3 Å². The third-order valence-corrected chi connectivity index (χ3v) is 5.49. The van der Waals surface area contributed by atoms with Crippen LogP contribution in [0.15, 0.2) is 34.3 Å². The van der Waals surface area contributed by atoms with E-state index in [1.165, 1.54) is 22.5 Å². The number of carbonyl (C=O) groups is 1. The fraction of sp³-hybridized carbons (Fsp3) is 0.400. The molecule has 0 spiro atoms. The van der Waals surface area contributed by atoms with E-state index >= 15 is 0 Å². The zero-order valence-corrected chi connectivity index (χ0v) is 16.4. The van der Waals surface area contributed by atoms with E-state index in [1.807, 2.05) is 30.5 Å². The Kier molecular flexibility index (Phi) is 6.04. The smallest absolute Gasteiger partial charge is 0.339 e. The van der Waals surface area contributed by atoms with Crippen molar-refractivity contribution in [3.05, 3.63) is 46.8 Å². The Bertz CT molecular complexity index is 808. The summed E-state index contributed by atoms with van der Waals surface area (Å²) in [4.78, 5) is 16.9. The number of rotatable bonds is 5. The Morgan fingerprint density at radius 3 is 2.62 bits per heavy atom. The van der Waals surface area contributed by atoms with Crippen LogP contribution in [0.3, 0.4) is 0 Å². The highest BCUT2D eigenvalue weighted by molar-refractivity contribution is 7.98. The molecular formula is C20H26N4OS. The Morgan fingerprint density at radius 2 is 1.96 bits per heavy atom. The van der Waals surface area contributed by atoms with Crippen molar-refractivity contribution in [1.29, 1.82) is 0 Å². The second-order valence-electron chi connectivity index (χ2n) is 6.35. The topological polar surface area (TPSA) is 69.3 Å². The molecule has 138 valence electrons. The van der Waals surface area contributed by atoms with Gasteiger partial charge in [-0.2, -0.15) is 5.10 Å². The van der Waals surface area contributed by atoms with Crippen LogP contribution in [0.4, 0.5) is 10.5 Å². The predicted octanol–water partition coefficient (Wildman–Crippen LogP) is 4.72. The van der Waals surface area contributed by atoms with E-state index in [0.717, 1.165) is 48.4 Å². The van der Waals surface area contributed by atoms with Crippen LogP contribution in [0, 0.1) is 0 Å². The monoisotopic (exact) mass is 370 g/mol. The van der Waals surface area contributed by atoms with Gasteiger partial charge in [0.2, 0.25) is 0 Å². The van der Waals surface area contributed by atoms with E-state index < -0.39 is 0 Å². The van der Waals surface area contributed by atoms with Crippen molar-refractivity contribution in [1.82, 2.24) is 10.4 Å². The number of aryl methyl sites for hydroxylation is 2. The standard InChI is InChI=1S/C20H26N4OS/c1-4-15-16(5-2)22-17-7-6-8-18(19(15)17)23-24-20(25)21-13-9-11-14(26-3)12-10-13/h9-12,22H,4-8H2,1-3H3,(H2,21,24,25)/b23-18+. The van der Waals surface area contributed by atoms with E-state index in [1.54, 1.807) is 11.8 Å². The maximum atomic E-state index is 12.2. The van der Waals surface area contributed by atoms with Crippen molar-refractivity contribution in [3.63, 3.8) is 0 Å². The highest BCUT2D eigenvalue weighted by atomic mass is 32.2. The van der Waals surface area contributed by atoms with E-state index in [2.05, 4.69) is 34.7 Å². The van der Waals surface area contributed by atoms with Crippen LogP contribution in [-0.4, -0.2) is 23.0 Å². The van der Waals surface area contributed by atoms with Crippen molar-refractivity contribution >= 4 is 29.2 Å². The van der Waals surface area contributed by atoms with E-state index in [4.69, 9.17) is 0 Å². The molecule has 3 rings (SSSR count). The lowest BCUT2D eigenvalue weighted by molar-refractivity contribution is 0.252. The first kappa shape index (κ1) is 18.6. The molecule has 0 fully saturated rings. The van der Waals surface area contributed by atoms with Gasteiger partial charge in [0.15, 0.2) is 0 Å². The third kappa shape index (κ3) is 3.96. The molecule has 0 aliphatic heterocycles. The van der Waals surface area contributed by atoms with Crippen LogP contribution in [0.5, 0.6) is 0 Å². The van der Waals surface area contributed by atoms with E-state index in [-0.39, 0.29) is 6.03 Å². The number of hydrazone groups is 1. The summed E-state index contributed by atoms with van der Waals surface area (Å²) in [7, 11) is 0. The van der Waals surface area contributed by atoms with Gasteiger partial charge in [0, 0.05) is 27.5 Å². The number of hydrogen-bond donors (Lipinski definition) is 3. The van der Waals surface area contributed by atoms with Crippen LogP contribution < -0.4 is 10.7 Å². The molecule has 1 aliphatic carbocycles. The predicted molar refractivity (Wildman–Crippen MR) is 109 cm³/mol. The molecule has 2 aromatic rings. The summed E-state index contributed by atoms with van der Waals surface area (Å²) in [6, 6.07) is 7.45. The van der Waals surface area contributed by atoms with Crippen molar-refractivity contribution in [2.45, 2.75) is 50.8 Å². The molecule has 6 heteroatoms. The number of aromatic amines is 1. The zero-order chi connectivity index (χ0) is 18.5. The molecule has 0 saturated heterocycles. The van der Waals surface area contributed by atoms with Gasteiger partial charge in [0.05, 0.1) is 5.71 Å². The third-order valence-electron chi connectivity index (χ3n) is 4.75. The Hall–Kier alpha value is -2.21. The van der Waals surface area contributed by atoms with Gasteiger partial charge >= 0.3 is 6.03 Å². The van der Waals surface area contributed by atoms with Crippen molar-refractivity contribution in [2.24, 2.45) is 5.10 Å². The highest BCUT2D eigenvalue weighted by Crippen LogP contribution is 2.28. The molecule has 0 unspecified atom stereocenters. The summed E-state index contributed by atoms with van der Waals surface area (Å²) >= 11 is 1.67. The number of thioether (sulfide) groups is 1. The number of H-pyrrole nitrogens is 1. The normalized spacial score (nSPS) is 15.0. The molecule has 2 amide bonds. The number of amides is 2. The van der Waals surface area contributed by atoms with Crippen LogP contribution >= 0.6 is 11.8 Å². The quantitative estimate of drug-likeness (QED) is 0.526. The molecule has 3 N–H and O–H groups in total. The van der Waals surface area contributed by atoms with Gasteiger partial charge in [-0.1, -0.05) is 13.8 Å². The average molecular weight is 371 g/mol. The maximum absolute atomic E-state index is 12.2. The average Bonchev–Trinajstić information content (AvgIpc) is 3.05. The molecule has 0 bridgehead atoms. The Balaban J connectivity index is 1.73. The van der Waals surface area contributed by atoms with Crippen molar-refractivity contribution < 1.29 is 4.79 Å². The van der Waals surface area contributed by atoms with Crippen molar-refractivity contribution in [2.75, 3.05) is 11.6 Å². The molecule has 1 aliphatic rings. The number of aromatic nitrogens is 1. The molecule has 0 atom stereocenters. The number of fused-ring (bicyclic) bond motifs is 1. The van der Waals surface area contributed by atoms with Gasteiger partial charge in [-0.05, 0) is 68.2 Å². The lowest BCUT2D eigenvalue weighted by Crippen LogP contribution is -2.26. The summed E-state index contributed by atoms with van der Waals surface area (Å²) in [6.07, 6.45) is 6.99. The number of urea groups is 1. The van der Waals surface area contributed by atoms with Crippen LogP contribution in [0.1, 0.15) is 49.2 Å². The molecule has 1 heterocycles. The van der Waals surface area contributed by atoms with Gasteiger partial charge in [0.25, 0.3) is 0 Å². The molecule has 5 nitrogen and oxygen atoms in total. The lowest BCUT2D eigenvalue weighted by atomic mass is 9.91. The number of carbonyl (C=O) groups excluding carboxylic acids is 1. The summed E-state index contributed by atoms with van der Waals surface area (Å²) in [6.45, 7) is 4.34. The summed E-state index contributed by atoms with van der Waals surface area (Å²) in [5.74, 6) is 0. The Labute approximate surface area is 159 Å². The first-order valence-electron chi connectivity index (χ1n) is 9.16. The number of nitrogens with one attached hydrogen (secondary N) is 3. The minimum Gasteiger partial charge on any atom is -0.361 e. The fourth-order valence-corrected chi connectivity index (χ4v) is 3.91. The zero-order valence-electron chi connectivity index (χ0n) is 15.6. The second-order valence-corrected chi connectivity index (χ2v) is 7.23. The minimum atomic E-state index is -0.314. The number of nitrogens with zero attached hydrogens (tertiary/aromatic N) is 1. The SMILES string of the molecule is CCc1[nH]c2c(c1CC)/C(=N/NC(=O)Nc1ccc(SC)cc1)CCC2. The molecule has 1 aromatic heterocycles. The molecule has 1 aromatic carbocycles. The van der Waals surface area contributed by atoms with E-state index in [0.29, 0.717) is 0 Å². The van der Waals surface area contributed by atoms with Gasteiger partial charge in [-0.15, -0.1) is 11.8 Å². The number of anilines is 1. The fourth-order valence-electron chi connectivity index (χ4n) is 3.50. The minimum absolute atomic E-state index is 0.314. The summed E-state index contributed by atoms with van der Waals surface area (Å²) in [5, 5.41) is 7.27. The molecule has 26 heavy (non-hydrogen) atoms. The number of benzene rings is 1. The van der Waals surface area contributed by atoms with Crippen molar-refractivity contribution in [3.8, 4) is 0 Å². The van der Waals surface area contributed by atoms with Gasteiger partial charge in [0.1, 0.15) is 0 Å². The second kappa shape index (κ2) is 8.45. The van der Waals surface area contributed by atoms with Gasteiger partial charge in [-0.3, -0.25) is 0 Å². The largest absolute Gasteiger partial charge is 0.361 e. The van der Waals surface area contributed by atoms with Crippen LogP contribution in [0.25, 0.3) is 0 Å². The first-order chi connectivity index (χ1) is 12.7. The first-order valence-corrected chi connectivity index (χ1v) is 10.4.